The predicted octanol–water partition coefficient (Wildman–Crippen LogP) is 1.66. The van der Waals surface area contributed by atoms with Gasteiger partial charge in [-0.25, -0.2) is 15.0 Å². The van der Waals surface area contributed by atoms with Crippen LogP contribution in [0, 0.1) is 0 Å². The highest BCUT2D eigenvalue weighted by molar-refractivity contribution is 6.33. The van der Waals surface area contributed by atoms with Gasteiger partial charge in [0.05, 0.1) is 19.0 Å². The number of nitrogens with zero attached hydrogens (tertiary/aromatic N) is 4. The lowest BCUT2D eigenvalue weighted by molar-refractivity contribution is 0.352. The van der Waals surface area contributed by atoms with Gasteiger partial charge in [0.25, 0.3) is 0 Å². The Labute approximate surface area is 97.4 Å². The number of rotatable bonds is 3. The van der Waals surface area contributed by atoms with Gasteiger partial charge in [0.1, 0.15) is 17.9 Å². The summed E-state index contributed by atoms with van der Waals surface area (Å²) in [5.41, 5.74) is 1.42. The number of halogens is 1. The predicted molar refractivity (Wildman–Crippen MR) is 59.3 cm³/mol. The largest absolute Gasteiger partial charge is 0.368 e. The first-order valence-corrected chi connectivity index (χ1v) is 5.64. The van der Waals surface area contributed by atoms with E-state index in [1.54, 1.807) is 6.33 Å². The lowest BCUT2D eigenvalue weighted by atomic mass is 10.2. The Morgan fingerprint density at radius 3 is 3.00 bits per heavy atom. The van der Waals surface area contributed by atoms with Crippen LogP contribution in [0.3, 0.4) is 0 Å². The van der Waals surface area contributed by atoms with Crippen molar-refractivity contribution in [2.45, 2.75) is 32.1 Å². The van der Waals surface area contributed by atoms with Gasteiger partial charge in [-0.3, -0.25) is 0 Å². The first-order chi connectivity index (χ1) is 7.79. The second-order valence-electron chi connectivity index (χ2n) is 3.85. The average Bonchev–Trinajstić information content (AvgIpc) is 2.91. The van der Waals surface area contributed by atoms with Crippen molar-refractivity contribution in [2.24, 2.45) is 0 Å². The van der Waals surface area contributed by atoms with Crippen LogP contribution in [-0.4, -0.2) is 31.7 Å². The summed E-state index contributed by atoms with van der Waals surface area (Å²) in [5.74, 6) is 0. The molecular weight excluding hydrogens is 228 g/mol. The van der Waals surface area contributed by atoms with E-state index in [4.69, 9.17) is 16.3 Å². The van der Waals surface area contributed by atoms with E-state index in [1.165, 1.54) is 6.33 Å². The maximum atomic E-state index is 5.92. The van der Waals surface area contributed by atoms with Crippen molar-refractivity contribution >= 4 is 22.8 Å². The third-order valence-corrected chi connectivity index (χ3v) is 3.10. The number of epoxide rings is 1. The molecule has 1 saturated heterocycles. The van der Waals surface area contributed by atoms with Gasteiger partial charge in [0.15, 0.2) is 10.8 Å². The Morgan fingerprint density at radius 2 is 2.25 bits per heavy atom. The van der Waals surface area contributed by atoms with Crippen LogP contribution in [0.4, 0.5) is 0 Å². The van der Waals surface area contributed by atoms with Crippen LogP contribution in [0.1, 0.15) is 13.3 Å². The Balaban J connectivity index is 1.90. The zero-order valence-corrected chi connectivity index (χ0v) is 9.55. The summed E-state index contributed by atoms with van der Waals surface area (Å²) in [5, 5.41) is 0.396. The normalized spacial score (nSPS) is 23.9. The molecule has 1 aliphatic rings. The molecule has 2 atom stereocenters. The summed E-state index contributed by atoms with van der Waals surface area (Å²) >= 11 is 5.92. The molecular formula is C10H11ClN4O. The summed E-state index contributed by atoms with van der Waals surface area (Å²) in [6.45, 7) is 2.90. The second-order valence-corrected chi connectivity index (χ2v) is 4.21. The molecule has 0 radical (unpaired) electrons. The van der Waals surface area contributed by atoms with Crippen molar-refractivity contribution in [2.75, 3.05) is 0 Å². The lowest BCUT2D eigenvalue weighted by Gasteiger charge is -1.99. The molecule has 1 aliphatic heterocycles. The number of hydrogen-bond donors (Lipinski definition) is 0. The Bertz CT molecular complexity index is 527. The number of fused-ring (bicyclic) bond motifs is 1. The quantitative estimate of drug-likeness (QED) is 0.603. The molecule has 0 N–H and O–H groups in total. The van der Waals surface area contributed by atoms with Crippen LogP contribution < -0.4 is 0 Å². The minimum absolute atomic E-state index is 0.288. The van der Waals surface area contributed by atoms with Gasteiger partial charge in [0, 0.05) is 0 Å². The monoisotopic (exact) mass is 238 g/mol. The number of aromatic nitrogens is 4. The van der Waals surface area contributed by atoms with E-state index in [0.29, 0.717) is 16.8 Å². The standard InChI is InChI=1S/C10H11ClN4O/c1-2-6-7(16-6)3-15-5-14-8-9(11)12-4-13-10(8)15/h4-7H,2-3H2,1H3. The molecule has 16 heavy (non-hydrogen) atoms. The molecule has 2 aromatic heterocycles. The smallest absolute Gasteiger partial charge is 0.164 e. The molecule has 3 heterocycles. The minimum atomic E-state index is 0.288. The highest BCUT2D eigenvalue weighted by Gasteiger charge is 2.37. The Kier molecular flexibility index (Phi) is 2.29. The van der Waals surface area contributed by atoms with Crippen LogP contribution in [0.2, 0.25) is 5.15 Å². The number of ether oxygens (including phenoxy) is 1. The fourth-order valence-corrected chi connectivity index (χ4v) is 2.06. The molecule has 0 aliphatic carbocycles. The number of imidazole rings is 1. The molecule has 1 fully saturated rings. The van der Waals surface area contributed by atoms with E-state index in [2.05, 4.69) is 21.9 Å². The molecule has 3 rings (SSSR count). The number of hydrogen-bond acceptors (Lipinski definition) is 4. The zero-order chi connectivity index (χ0) is 11.1. The van der Waals surface area contributed by atoms with Crippen molar-refractivity contribution in [3.8, 4) is 0 Å². The lowest BCUT2D eigenvalue weighted by Crippen LogP contribution is -2.06. The van der Waals surface area contributed by atoms with Crippen molar-refractivity contribution in [1.82, 2.24) is 19.5 Å². The molecule has 0 spiro atoms. The van der Waals surface area contributed by atoms with Gasteiger partial charge in [-0.15, -0.1) is 0 Å². The van der Waals surface area contributed by atoms with E-state index in [0.717, 1.165) is 18.6 Å². The van der Waals surface area contributed by atoms with E-state index in [9.17, 15) is 0 Å². The SMILES string of the molecule is CCC1OC1Cn1cnc2c(Cl)ncnc21. The zero-order valence-electron chi connectivity index (χ0n) is 8.80. The van der Waals surface area contributed by atoms with Crippen LogP contribution >= 0.6 is 11.6 Å². The topological polar surface area (TPSA) is 56.1 Å². The highest BCUT2D eigenvalue weighted by Crippen LogP contribution is 2.27. The maximum Gasteiger partial charge on any atom is 0.164 e. The van der Waals surface area contributed by atoms with Gasteiger partial charge in [-0.05, 0) is 6.42 Å². The average molecular weight is 239 g/mol. The van der Waals surface area contributed by atoms with E-state index in [1.807, 2.05) is 4.57 Å². The van der Waals surface area contributed by atoms with Gasteiger partial charge in [-0.2, -0.15) is 0 Å². The molecule has 84 valence electrons. The first kappa shape index (κ1) is 9.99. The van der Waals surface area contributed by atoms with Gasteiger partial charge in [0.2, 0.25) is 0 Å². The van der Waals surface area contributed by atoms with E-state index in [-0.39, 0.29) is 6.10 Å². The van der Waals surface area contributed by atoms with Crippen LogP contribution in [-0.2, 0) is 11.3 Å². The maximum absolute atomic E-state index is 5.92. The third kappa shape index (κ3) is 1.56. The van der Waals surface area contributed by atoms with Gasteiger partial charge < -0.3 is 9.30 Å². The van der Waals surface area contributed by atoms with Crippen LogP contribution in [0.5, 0.6) is 0 Å². The van der Waals surface area contributed by atoms with Crippen molar-refractivity contribution < 1.29 is 4.74 Å². The highest BCUT2D eigenvalue weighted by atomic mass is 35.5. The molecule has 5 nitrogen and oxygen atoms in total. The Hall–Kier alpha value is -1.20. The van der Waals surface area contributed by atoms with Gasteiger partial charge in [-0.1, -0.05) is 18.5 Å². The Morgan fingerprint density at radius 1 is 1.38 bits per heavy atom. The molecule has 0 amide bonds. The van der Waals surface area contributed by atoms with Crippen molar-refractivity contribution in [1.29, 1.82) is 0 Å². The molecule has 2 aromatic rings. The summed E-state index contributed by atoms with van der Waals surface area (Å²) < 4.78 is 7.46. The van der Waals surface area contributed by atoms with Gasteiger partial charge >= 0.3 is 0 Å². The molecule has 2 unspecified atom stereocenters. The summed E-state index contributed by atoms with van der Waals surface area (Å²) in [4.78, 5) is 12.3. The molecule has 0 aromatic carbocycles. The van der Waals surface area contributed by atoms with Crippen LogP contribution in [0.25, 0.3) is 11.2 Å². The van der Waals surface area contributed by atoms with E-state index >= 15 is 0 Å². The van der Waals surface area contributed by atoms with E-state index < -0.39 is 0 Å². The molecule has 6 heteroatoms. The fourth-order valence-electron chi connectivity index (χ4n) is 1.88. The summed E-state index contributed by atoms with van der Waals surface area (Å²) in [7, 11) is 0. The molecule has 0 bridgehead atoms. The third-order valence-electron chi connectivity index (χ3n) is 2.82. The summed E-state index contributed by atoms with van der Waals surface area (Å²) in [6.07, 6.45) is 4.91. The second kappa shape index (κ2) is 3.68. The van der Waals surface area contributed by atoms with Crippen LogP contribution in [0.15, 0.2) is 12.7 Å². The van der Waals surface area contributed by atoms with Crippen molar-refractivity contribution in [3.63, 3.8) is 0 Å². The van der Waals surface area contributed by atoms with Crippen molar-refractivity contribution in [3.05, 3.63) is 17.8 Å². The minimum Gasteiger partial charge on any atom is -0.368 e. The fraction of sp³-hybridized carbons (Fsp3) is 0.500. The molecule has 0 saturated carbocycles. The summed E-state index contributed by atoms with van der Waals surface area (Å²) in [6, 6.07) is 0. The first-order valence-electron chi connectivity index (χ1n) is 5.26.